The maximum atomic E-state index is 14.4. The maximum absolute atomic E-state index is 14.4. The Morgan fingerprint density at radius 3 is 2.22 bits per heavy atom. The van der Waals surface area contributed by atoms with E-state index in [0.717, 1.165) is 47.8 Å². The molecule has 4 rings (SSSR count). The smallest absolute Gasteiger partial charge is 0.166 e. The van der Waals surface area contributed by atoms with E-state index in [9.17, 15) is 13.2 Å². The fourth-order valence-corrected chi connectivity index (χ4v) is 4.28. The van der Waals surface area contributed by atoms with E-state index in [1.807, 2.05) is 24.3 Å². The van der Waals surface area contributed by atoms with Crippen molar-refractivity contribution in [2.75, 3.05) is 0 Å². The average Bonchev–Trinajstić information content (AvgIpc) is 2.70. The van der Waals surface area contributed by atoms with Gasteiger partial charge in [0.15, 0.2) is 11.6 Å². The highest BCUT2D eigenvalue weighted by Gasteiger charge is 2.25. The Kier molecular flexibility index (Phi) is 4.77. The molecule has 1 saturated carbocycles. The van der Waals surface area contributed by atoms with Crippen molar-refractivity contribution in [3.63, 3.8) is 0 Å². The monoisotopic (exact) mass is 366 g/mol. The summed E-state index contributed by atoms with van der Waals surface area (Å²) in [4.78, 5) is 0. The van der Waals surface area contributed by atoms with E-state index in [2.05, 4.69) is 6.58 Å². The Balaban J connectivity index is 1.51. The van der Waals surface area contributed by atoms with Crippen molar-refractivity contribution in [1.29, 1.82) is 0 Å². The molecule has 0 heterocycles. The minimum atomic E-state index is -0.819. The van der Waals surface area contributed by atoms with E-state index < -0.39 is 11.6 Å². The molecular weight excluding hydrogens is 345 g/mol. The number of benzene rings is 3. The normalized spacial score (nSPS) is 20.0. The lowest BCUT2D eigenvalue weighted by Crippen LogP contribution is -2.13. The fraction of sp³-hybridized carbons (Fsp3) is 0.250. The first kappa shape index (κ1) is 17.8. The summed E-state index contributed by atoms with van der Waals surface area (Å²) in [5.41, 5.74) is 2.73. The zero-order chi connectivity index (χ0) is 19.0. The summed E-state index contributed by atoms with van der Waals surface area (Å²) in [6.07, 6.45) is 5.42. The third-order valence-corrected chi connectivity index (χ3v) is 5.83. The molecule has 3 heteroatoms. The Bertz CT molecular complexity index is 998. The lowest BCUT2D eigenvalue weighted by Gasteiger charge is -2.29. The van der Waals surface area contributed by atoms with Gasteiger partial charge < -0.3 is 0 Å². The third-order valence-electron chi connectivity index (χ3n) is 5.83. The van der Waals surface area contributed by atoms with Crippen LogP contribution >= 0.6 is 0 Å². The van der Waals surface area contributed by atoms with Crippen LogP contribution in [-0.2, 0) is 0 Å². The van der Waals surface area contributed by atoms with E-state index >= 15 is 0 Å². The number of hydrogen-bond donors (Lipinski definition) is 0. The van der Waals surface area contributed by atoms with Gasteiger partial charge in [0.05, 0.1) is 0 Å². The summed E-state index contributed by atoms with van der Waals surface area (Å²) < 4.78 is 41.6. The third kappa shape index (κ3) is 3.39. The largest absolute Gasteiger partial charge is 0.207 e. The van der Waals surface area contributed by atoms with Crippen molar-refractivity contribution in [2.45, 2.75) is 37.5 Å². The average molecular weight is 366 g/mol. The molecule has 0 amide bonds. The molecule has 0 radical (unpaired) electrons. The Morgan fingerprint density at radius 2 is 1.52 bits per heavy atom. The number of halogens is 3. The van der Waals surface area contributed by atoms with Crippen LogP contribution in [0.15, 0.2) is 55.1 Å². The summed E-state index contributed by atoms with van der Waals surface area (Å²) in [7, 11) is 0. The maximum Gasteiger partial charge on any atom is 0.166 e. The number of fused-ring (bicyclic) bond motifs is 1. The molecule has 1 fully saturated rings. The van der Waals surface area contributed by atoms with Gasteiger partial charge in [-0.25, -0.2) is 13.2 Å². The lowest BCUT2D eigenvalue weighted by atomic mass is 9.75. The Labute approximate surface area is 157 Å². The molecule has 0 aromatic heterocycles. The molecule has 0 unspecified atom stereocenters. The highest BCUT2D eigenvalue weighted by Crippen LogP contribution is 2.42. The van der Waals surface area contributed by atoms with E-state index in [1.54, 1.807) is 24.3 Å². The van der Waals surface area contributed by atoms with Gasteiger partial charge in [0.25, 0.3) is 0 Å². The Hall–Kier alpha value is -2.55. The van der Waals surface area contributed by atoms with Crippen LogP contribution in [0.1, 0.15) is 54.2 Å². The summed E-state index contributed by atoms with van der Waals surface area (Å²) in [5, 5.41) is 1.04. The van der Waals surface area contributed by atoms with Crippen molar-refractivity contribution in [2.24, 2.45) is 0 Å². The fourth-order valence-electron chi connectivity index (χ4n) is 4.28. The van der Waals surface area contributed by atoms with Crippen LogP contribution in [0.2, 0.25) is 0 Å². The molecule has 1 aliphatic carbocycles. The van der Waals surface area contributed by atoms with Crippen molar-refractivity contribution in [3.8, 4) is 0 Å². The SMILES string of the molecule is C=Cc1ccc(C2CCC(c3ccc4c(F)c(F)ccc4c3)CC2)c(F)c1. The van der Waals surface area contributed by atoms with Gasteiger partial charge in [0.2, 0.25) is 0 Å². The second-order valence-corrected chi connectivity index (χ2v) is 7.38. The summed E-state index contributed by atoms with van der Waals surface area (Å²) in [5.74, 6) is -1.16. The van der Waals surface area contributed by atoms with Crippen molar-refractivity contribution >= 4 is 16.8 Å². The zero-order valence-corrected chi connectivity index (χ0v) is 15.0. The van der Waals surface area contributed by atoms with Crippen LogP contribution in [0.5, 0.6) is 0 Å². The van der Waals surface area contributed by atoms with Gasteiger partial charge in [-0.15, -0.1) is 0 Å². The van der Waals surface area contributed by atoms with Crippen molar-refractivity contribution < 1.29 is 13.2 Å². The second-order valence-electron chi connectivity index (χ2n) is 7.38. The molecule has 0 atom stereocenters. The Morgan fingerprint density at radius 1 is 0.778 bits per heavy atom. The standard InChI is InChI=1S/C24H21F3/c1-2-15-3-10-20(23(26)13-15)17-6-4-16(5-7-17)18-8-11-21-19(14-18)9-12-22(25)24(21)27/h2-3,8-14,16-17H,1,4-7H2. The molecule has 3 aromatic rings. The summed E-state index contributed by atoms with van der Waals surface area (Å²) in [6.45, 7) is 3.68. The first-order valence-electron chi connectivity index (χ1n) is 9.36. The van der Waals surface area contributed by atoms with Gasteiger partial charge in [-0.1, -0.05) is 49.1 Å². The van der Waals surface area contributed by atoms with Crippen LogP contribution < -0.4 is 0 Å². The summed E-state index contributed by atoms with van der Waals surface area (Å²) in [6, 6.07) is 13.7. The van der Waals surface area contributed by atoms with E-state index in [4.69, 9.17) is 0 Å². The molecule has 0 N–H and O–H groups in total. The predicted molar refractivity (Wildman–Crippen MR) is 104 cm³/mol. The molecule has 0 nitrogen and oxygen atoms in total. The minimum Gasteiger partial charge on any atom is -0.207 e. The van der Waals surface area contributed by atoms with Crippen LogP contribution in [0.3, 0.4) is 0 Å². The number of rotatable bonds is 3. The topological polar surface area (TPSA) is 0 Å². The predicted octanol–water partition coefficient (Wildman–Crippen LogP) is 7.34. The zero-order valence-electron chi connectivity index (χ0n) is 15.0. The first-order valence-corrected chi connectivity index (χ1v) is 9.36. The van der Waals surface area contributed by atoms with Gasteiger partial charge in [-0.3, -0.25) is 0 Å². The van der Waals surface area contributed by atoms with Crippen molar-refractivity contribution in [1.82, 2.24) is 0 Å². The van der Waals surface area contributed by atoms with Gasteiger partial charge >= 0.3 is 0 Å². The van der Waals surface area contributed by atoms with Crippen LogP contribution in [0, 0.1) is 17.5 Å². The second kappa shape index (κ2) is 7.22. The van der Waals surface area contributed by atoms with Crippen LogP contribution in [-0.4, -0.2) is 0 Å². The molecule has 27 heavy (non-hydrogen) atoms. The van der Waals surface area contributed by atoms with E-state index in [0.29, 0.717) is 11.3 Å². The molecule has 0 spiro atoms. The van der Waals surface area contributed by atoms with Crippen molar-refractivity contribution in [3.05, 3.63) is 89.3 Å². The summed E-state index contributed by atoms with van der Waals surface area (Å²) >= 11 is 0. The highest BCUT2D eigenvalue weighted by atomic mass is 19.2. The van der Waals surface area contributed by atoms with Crippen LogP contribution in [0.4, 0.5) is 13.2 Å². The first-order chi connectivity index (χ1) is 13.1. The van der Waals surface area contributed by atoms with Gasteiger partial charge in [-0.05, 0) is 71.7 Å². The molecule has 138 valence electrons. The quantitative estimate of drug-likeness (QED) is 0.455. The number of hydrogen-bond acceptors (Lipinski definition) is 0. The van der Waals surface area contributed by atoms with E-state index in [1.165, 1.54) is 6.07 Å². The molecule has 0 saturated heterocycles. The highest BCUT2D eigenvalue weighted by molar-refractivity contribution is 5.84. The minimum absolute atomic E-state index is 0.154. The molecule has 0 bridgehead atoms. The lowest BCUT2D eigenvalue weighted by molar-refractivity contribution is 0.387. The molecular formula is C24H21F3. The van der Waals surface area contributed by atoms with Gasteiger partial charge in [0, 0.05) is 5.39 Å². The molecule has 0 aliphatic heterocycles. The van der Waals surface area contributed by atoms with Gasteiger partial charge in [0.1, 0.15) is 5.82 Å². The van der Waals surface area contributed by atoms with Gasteiger partial charge in [-0.2, -0.15) is 0 Å². The van der Waals surface area contributed by atoms with E-state index in [-0.39, 0.29) is 11.7 Å². The van der Waals surface area contributed by atoms with Crippen LogP contribution in [0.25, 0.3) is 16.8 Å². The molecule has 1 aliphatic rings. The molecule has 3 aromatic carbocycles.